The number of aromatic nitrogens is 3. The fourth-order valence-corrected chi connectivity index (χ4v) is 3.86. The van der Waals surface area contributed by atoms with E-state index < -0.39 is 0 Å². The lowest BCUT2D eigenvalue weighted by Gasteiger charge is -2.08. The summed E-state index contributed by atoms with van der Waals surface area (Å²) in [6, 6.07) is 13.7. The smallest absolute Gasteiger partial charge is 0.191 e. The molecule has 136 valence electrons. The number of nitrogens with zero attached hydrogens (tertiary/aromatic N) is 3. The molecule has 0 saturated carbocycles. The van der Waals surface area contributed by atoms with Crippen LogP contribution in [0.2, 0.25) is 10.0 Å². The van der Waals surface area contributed by atoms with Crippen molar-refractivity contribution in [3.05, 3.63) is 69.5 Å². The SMILES string of the molecule is CCn1c(Cc2ccc(OC)cc2)nnc1SCc1ccc(Cl)c(Cl)c1. The predicted molar refractivity (Wildman–Crippen MR) is 108 cm³/mol. The van der Waals surface area contributed by atoms with Gasteiger partial charge in [-0.1, -0.05) is 53.2 Å². The molecule has 1 heterocycles. The molecule has 0 unspecified atom stereocenters. The highest BCUT2D eigenvalue weighted by Crippen LogP contribution is 2.27. The zero-order chi connectivity index (χ0) is 18.5. The summed E-state index contributed by atoms with van der Waals surface area (Å²) in [5.74, 6) is 2.57. The molecule has 0 bridgehead atoms. The number of hydrogen-bond acceptors (Lipinski definition) is 4. The van der Waals surface area contributed by atoms with Crippen LogP contribution in [0.4, 0.5) is 0 Å². The minimum Gasteiger partial charge on any atom is -0.497 e. The van der Waals surface area contributed by atoms with Gasteiger partial charge >= 0.3 is 0 Å². The Hall–Kier alpha value is -1.69. The van der Waals surface area contributed by atoms with Gasteiger partial charge in [0.2, 0.25) is 0 Å². The van der Waals surface area contributed by atoms with E-state index in [1.54, 1.807) is 18.9 Å². The highest BCUT2D eigenvalue weighted by Gasteiger charge is 2.12. The zero-order valence-electron chi connectivity index (χ0n) is 14.6. The number of rotatable bonds is 7. The van der Waals surface area contributed by atoms with E-state index >= 15 is 0 Å². The summed E-state index contributed by atoms with van der Waals surface area (Å²) in [5, 5.41) is 10.8. The summed E-state index contributed by atoms with van der Waals surface area (Å²) in [4.78, 5) is 0. The number of thioether (sulfide) groups is 1. The van der Waals surface area contributed by atoms with E-state index in [2.05, 4.69) is 33.8 Å². The molecule has 2 aromatic carbocycles. The largest absolute Gasteiger partial charge is 0.497 e. The second kappa shape index (κ2) is 8.80. The van der Waals surface area contributed by atoms with E-state index in [-0.39, 0.29) is 0 Å². The average Bonchev–Trinajstić information content (AvgIpc) is 3.05. The van der Waals surface area contributed by atoms with E-state index in [1.807, 2.05) is 30.3 Å². The topological polar surface area (TPSA) is 39.9 Å². The van der Waals surface area contributed by atoms with Gasteiger partial charge in [0.05, 0.1) is 17.2 Å². The maximum Gasteiger partial charge on any atom is 0.191 e. The van der Waals surface area contributed by atoms with Crippen molar-refractivity contribution in [2.45, 2.75) is 30.8 Å². The van der Waals surface area contributed by atoms with Crippen LogP contribution in [-0.4, -0.2) is 21.9 Å². The molecule has 4 nitrogen and oxygen atoms in total. The number of methoxy groups -OCH3 is 1. The summed E-state index contributed by atoms with van der Waals surface area (Å²) in [6.07, 6.45) is 0.734. The molecule has 0 aliphatic heterocycles. The third kappa shape index (κ3) is 4.53. The number of ether oxygens (including phenoxy) is 1. The maximum absolute atomic E-state index is 6.09. The predicted octanol–water partition coefficient (Wildman–Crippen LogP) is 5.50. The lowest BCUT2D eigenvalue weighted by molar-refractivity contribution is 0.414. The van der Waals surface area contributed by atoms with Crippen molar-refractivity contribution >= 4 is 35.0 Å². The molecule has 3 rings (SSSR count). The molecule has 26 heavy (non-hydrogen) atoms. The van der Waals surface area contributed by atoms with Crippen molar-refractivity contribution < 1.29 is 4.74 Å². The monoisotopic (exact) mass is 407 g/mol. The minimum absolute atomic E-state index is 0.568. The van der Waals surface area contributed by atoms with Crippen LogP contribution in [-0.2, 0) is 18.7 Å². The van der Waals surface area contributed by atoms with E-state index in [0.717, 1.165) is 41.0 Å². The molecule has 0 radical (unpaired) electrons. The van der Waals surface area contributed by atoms with Crippen molar-refractivity contribution in [3.8, 4) is 5.75 Å². The molecular formula is C19H19Cl2N3OS. The molecule has 0 aliphatic rings. The second-order valence-corrected chi connectivity index (χ2v) is 7.46. The van der Waals surface area contributed by atoms with Gasteiger partial charge in [-0.25, -0.2) is 0 Å². The van der Waals surface area contributed by atoms with Crippen LogP contribution in [0.1, 0.15) is 23.9 Å². The first-order valence-corrected chi connectivity index (χ1v) is 9.96. The van der Waals surface area contributed by atoms with Gasteiger partial charge in [-0.3, -0.25) is 0 Å². The summed E-state index contributed by atoms with van der Waals surface area (Å²) in [7, 11) is 1.67. The van der Waals surface area contributed by atoms with Crippen molar-refractivity contribution in [3.63, 3.8) is 0 Å². The molecule has 7 heteroatoms. The Morgan fingerprint density at radius 3 is 2.38 bits per heavy atom. The van der Waals surface area contributed by atoms with Crippen LogP contribution < -0.4 is 4.74 Å². The third-order valence-electron chi connectivity index (χ3n) is 3.98. The number of halogens is 2. The average molecular weight is 408 g/mol. The van der Waals surface area contributed by atoms with E-state index in [0.29, 0.717) is 10.0 Å². The summed E-state index contributed by atoms with van der Waals surface area (Å²) in [5.41, 5.74) is 2.28. The van der Waals surface area contributed by atoms with Gasteiger partial charge in [0, 0.05) is 18.7 Å². The van der Waals surface area contributed by atoms with Crippen LogP contribution in [0.5, 0.6) is 5.75 Å². The van der Waals surface area contributed by atoms with Gasteiger partial charge in [0.25, 0.3) is 0 Å². The molecule has 1 aromatic heterocycles. The van der Waals surface area contributed by atoms with Crippen LogP contribution >= 0.6 is 35.0 Å². The highest BCUT2D eigenvalue weighted by atomic mass is 35.5. The van der Waals surface area contributed by atoms with Crippen LogP contribution in [0, 0.1) is 0 Å². The molecule has 0 spiro atoms. The van der Waals surface area contributed by atoms with E-state index in [1.165, 1.54) is 5.56 Å². The van der Waals surface area contributed by atoms with Crippen molar-refractivity contribution in [1.29, 1.82) is 0 Å². The fourth-order valence-electron chi connectivity index (χ4n) is 2.58. The molecule has 0 N–H and O–H groups in total. The van der Waals surface area contributed by atoms with Gasteiger partial charge in [0.1, 0.15) is 11.6 Å². The molecule has 0 atom stereocenters. The van der Waals surface area contributed by atoms with Gasteiger partial charge in [-0.05, 0) is 42.3 Å². The Kier molecular flexibility index (Phi) is 6.46. The molecular weight excluding hydrogens is 389 g/mol. The van der Waals surface area contributed by atoms with Crippen LogP contribution in [0.15, 0.2) is 47.6 Å². The van der Waals surface area contributed by atoms with Crippen LogP contribution in [0.3, 0.4) is 0 Å². The van der Waals surface area contributed by atoms with E-state index in [9.17, 15) is 0 Å². The lowest BCUT2D eigenvalue weighted by atomic mass is 10.1. The Bertz CT molecular complexity index is 881. The molecule has 0 fully saturated rings. The maximum atomic E-state index is 6.09. The Morgan fingerprint density at radius 1 is 1.00 bits per heavy atom. The van der Waals surface area contributed by atoms with Crippen molar-refractivity contribution in [2.75, 3.05) is 7.11 Å². The fraction of sp³-hybridized carbons (Fsp3) is 0.263. The van der Waals surface area contributed by atoms with Gasteiger partial charge in [-0.15, -0.1) is 10.2 Å². The first-order chi connectivity index (χ1) is 12.6. The number of benzene rings is 2. The highest BCUT2D eigenvalue weighted by molar-refractivity contribution is 7.98. The molecule has 0 amide bonds. The second-order valence-electron chi connectivity index (χ2n) is 5.71. The normalized spacial score (nSPS) is 10.9. The summed E-state index contributed by atoms with van der Waals surface area (Å²) in [6.45, 7) is 2.92. The van der Waals surface area contributed by atoms with Crippen molar-refractivity contribution in [2.24, 2.45) is 0 Å². The van der Waals surface area contributed by atoms with Gasteiger partial charge in [-0.2, -0.15) is 0 Å². The Labute approximate surface area is 167 Å². The third-order valence-corrected chi connectivity index (χ3v) is 5.76. The number of hydrogen-bond donors (Lipinski definition) is 0. The Morgan fingerprint density at radius 2 is 1.73 bits per heavy atom. The lowest BCUT2D eigenvalue weighted by Crippen LogP contribution is -2.04. The minimum atomic E-state index is 0.568. The van der Waals surface area contributed by atoms with Crippen molar-refractivity contribution in [1.82, 2.24) is 14.8 Å². The van der Waals surface area contributed by atoms with Gasteiger partial charge < -0.3 is 9.30 Å². The zero-order valence-corrected chi connectivity index (χ0v) is 16.9. The standard InChI is InChI=1S/C19H19Cl2N3OS/c1-3-24-18(11-13-4-7-15(25-2)8-5-13)22-23-19(24)26-12-14-6-9-16(20)17(21)10-14/h4-10H,3,11-12H2,1-2H3. The van der Waals surface area contributed by atoms with Gasteiger partial charge in [0.15, 0.2) is 5.16 Å². The quantitative estimate of drug-likeness (QED) is 0.484. The molecule has 3 aromatic rings. The first-order valence-electron chi connectivity index (χ1n) is 8.22. The first kappa shape index (κ1) is 19.1. The van der Waals surface area contributed by atoms with Crippen LogP contribution in [0.25, 0.3) is 0 Å². The Balaban J connectivity index is 1.71. The molecule has 0 aliphatic carbocycles. The summed E-state index contributed by atoms with van der Waals surface area (Å²) >= 11 is 13.7. The van der Waals surface area contributed by atoms with E-state index in [4.69, 9.17) is 27.9 Å². The molecule has 0 saturated heterocycles. The summed E-state index contributed by atoms with van der Waals surface area (Å²) < 4.78 is 7.35.